The van der Waals surface area contributed by atoms with E-state index in [4.69, 9.17) is 6.42 Å². The fourth-order valence-electron chi connectivity index (χ4n) is 3.58. The third-order valence-corrected chi connectivity index (χ3v) is 6.96. The highest BCUT2D eigenvalue weighted by Gasteiger charge is 2.19. The number of hydrogen-bond donors (Lipinski definition) is 1. The molecule has 3 nitrogen and oxygen atoms in total. The van der Waals surface area contributed by atoms with Crippen LogP contribution in [0.4, 0.5) is 0 Å². The summed E-state index contributed by atoms with van der Waals surface area (Å²) >= 11 is 0. The first-order valence-corrected chi connectivity index (χ1v) is 13.0. The number of rotatable bonds is 17. The average Bonchev–Trinajstić information content (AvgIpc) is 2.69. The van der Waals surface area contributed by atoms with E-state index in [9.17, 15) is 8.42 Å². The molecule has 0 fully saturated rings. The van der Waals surface area contributed by atoms with E-state index in [1.165, 1.54) is 64.2 Å². The molecule has 0 radical (unpaired) electrons. The molecule has 1 aromatic rings. The van der Waals surface area contributed by atoms with Crippen molar-refractivity contribution >= 4 is 10.0 Å². The molecular formula is C25H41NO2S. The van der Waals surface area contributed by atoms with Crippen molar-refractivity contribution in [2.24, 2.45) is 0 Å². The normalized spacial score (nSPS) is 12.6. The van der Waals surface area contributed by atoms with Gasteiger partial charge in [0, 0.05) is 12.5 Å². The minimum atomic E-state index is -3.51. The van der Waals surface area contributed by atoms with Crippen LogP contribution in [0.1, 0.15) is 102 Å². The molecule has 164 valence electrons. The topological polar surface area (TPSA) is 46.2 Å². The van der Waals surface area contributed by atoms with Gasteiger partial charge >= 0.3 is 0 Å². The molecule has 0 aliphatic carbocycles. The van der Waals surface area contributed by atoms with E-state index in [2.05, 4.69) is 17.6 Å². The van der Waals surface area contributed by atoms with E-state index < -0.39 is 10.0 Å². The summed E-state index contributed by atoms with van der Waals surface area (Å²) in [6.45, 7) is 4.20. The summed E-state index contributed by atoms with van der Waals surface area (Å²) in [6, 6.07) is 6.74. The smallest absolute Gasteiger partial charge is 0.207 e. The Morgan fingerprint density at radius 1 is 0.862 bits per heavy atom. The predicted octanol–water partition coefficient (Wildman–Crippen LogP) is 6.76. The predicted molar refractivity (Wildman–Crippen MR) is 124 cm³/mol. The fraction of sp³-hybridized carbons (Fsp3) is 0.680. The zero-order valence-electron chi connectivity index (χ0n) is 18.6. The fourth-order valence-corrected chi connectivity index (χ4v) is 4.85. The van der Waals surface area contributed by atoms with Crippen molar-refractivity contribution in [3.8, 4) is 12.3 Å². The summed E-state index contributed by atoms with van der Waals surface area (Å²) in [6.07, 6.45) is 22.3. The molecule has 0 saturated carbocycles. The summed E-state index contributed by atoms with van der Waals surface area (Å²) < 4.78 is 27.9. The Morgan fingerprint density at radius 3 is 1.83 bits per heavy atom. The minimum Gasteiger partial charge on any atom is -0.207 e. The van der Waals surface area contributed by atoms with Crippen molar-refractivity contribution in [3.05, 3.63) is 29.8 Å². The van der Waals surface area contributed by atoms with Gasteiger partial charge in [0.05, 0.1) is 4.90 Å². The molecule has 1 rings (SSSR count). The standard InChI is InChI=1S/C25H41NO2S/c1-4-6-7-8-9-10-11-12-13-14-15-16-18-24(17-5-2)26-29(27,28)25-21-19-23(3)20-22-25/h2,19-22,24,26H,4,6-18H2,1,3H3/t24-/m0/s1. The van der Waals surface area contributed by atoms with Crippen molar-refractivity contribution in [1.29, 1.82) is 0 Å². The van der Waals surface area contributed by atoms with Gasteiger partial charge in [-0.25, -0.2) is 13.1 Å². The van der Waals surface area contributed by atoms with Crippen LogP contribution in [-0.4, -0.2) is 14.5 Å². The van der Waals surface area contributed by atoms with Gasteiger partial charge in [-0.3, -0.25) is 0 Å². The summed E-state index contributed by atoms with van der Waals surface area (Å²) in [5.41, 5.74) is 1.04. The monoisotopic (exact) mass is 419 g/mol. The van der Waals surface area contributed by atoms with Gasteiger partial charge in [0.25, 0.3) is 0 Å². The van der Waals surface area contributed by atoms with E-state index in [1.807, 2.05) is 19.1 Å². The Hall–Kier alpha value is -1.31. The molecule has 4 heteroatoms. The first-order chi connectivity index (χ1) is 14.0. The largest absolute Gasteiger partial charge is 0.240 e. The highest BCUT2D eigenvalue weighted by atomic mass is 32.2. The van der Waals surface area contributed by atoms with Gasteiger partial charge in [-0.1, -0.05) is 102 Å². The van der Waals surface area contributed by atoms with Gasteiger partial charge < -0.3 is 0 Å². The second-order valence-electron chi connectivity index (χ2n) is 8.22. The molecule has 0 aliphatic heterocycles. The molecular weight excluding hydrogens is 378 g/mol. The van der Waals surface area contributed by atoms with Crippen LogP contribution in [0, 0.1) is 19.3 Å². The van der Waals surface area contributed by atoms with E-state index in [1.54, 1.807) is 12.1 Å². The van der Waals surface area contributed by atoms with Crippen LogP contribution in [0.2, 0.25) is 0 Å². The third-order valence-electron chi connectivity index (χ3n) is 5.42. The van der Waals surface area contributed by atoms with Crippen LogP contribution in [0.15, 0.2) is 29.2 Å². The third kappa shape index (κ3) is 12.1. The minimum absolute atomic E-state index is 0.186. The lowest BCUT2D eigenvalue weighted by Gasteiger charge is -2.17. The maximum Gasteiger partial charge on any atom is 0.240 e. The van der Waals surface area contributed by atoms with Crippen molar-refractivity contribution in [2.75, 3.05) is 0 Å². The summed E-state index contributed by atoms with van der Waals surface area (Å²) in [7, 11) is -3.51. The van der Waals surface area contributed by atoms with Crippen molar-refractivity contribution in [1.82, 2.24) is 4.72 Å². The second kappa shape index (κ2) is 15.5. The van der Waals surface area contributed by atoms with Gasteiger partial charge in [0.15, 0.2) is 0 Å². The van der Waals surface area contributed by atoms with Gasteiger partial charge in [0.2, 0.25) is 10.0 Å². The molecule has 1 N–H and O–H groups in total. The molecule has 0 aromatic heterocycles. The SMILES string of the molecule is C#CC[C@@H](CCCCCCCCCCCCCC)NS(=O)(=O)c1ccc(C)cc1. The average molecular weight is 420 g/mol. The number of terminal acetylenes is 1. The van der Waals surface area contributed by atoms with Crippen LogP contribution >= 0.6 is 0 Å². The Bertz CT molecular complexity index is 674. The Morgan fingerprint density at radius 2 is 1.34 bits per heavy atom. The highest BCUT2D eigenvalue weighted by Crippen LogP contribution is 2.16. The molecule has 0 aliphatic rings. The van der Waals surface area contributed by atoms with Crippen LogP contribution in [0.25, 0.3) is 0 Å². The number of hydrogen-bond acceptors (Lipinski definition) is 2. The highest BCUT2D eigenvalue weighted by molar-refractivity contribution is 7.89. The van der Waals surface area contributed by atoms with Crippen molar-refractivity contribution < 1.29 is 8.42 Å². The zero-order chi connectivity index (χ0) is 21.4. The van der Waals surface area contributed by atoms with Gasteiger partial charge in [-0.05, 0) is 25.5 Å². The summed E-state index contributed by atoms with van der Waals surface area (Å²) in [5.74, 6) is 2.62. The first-order valence-electron chi connectivity index (χ1n) is 11.5. The number of aryl methyl sites for hydroxylation is 1. The lowest BCUT2D eigenvalue weighted by atomic mass is 10.0. The van der Waals surface area contributed by atoms with Gasteiger partial charge in [-0.2, -0.15) is 0 Å². The number of unbranched alkanes of at least 4 members (excludes halogenated alkanes) is 11. The quantitative estimate of drug-likeness (QED) is 0.224. The zero-order valence-corrected chi connectivity index (χ0v) is 19.4. The molecule has 0 bridgehead atoms. The van der Waals surface area contributed by atoms with Crippen LogP contribution in [0.5, 0.6) is 0 Å². The van der Waals surface area contributed by atoms with Crippen LogP contribution < -0.4 is 4.72 Å². The lowest BCUT2D eigenvalue weighted by molar-refractivity contribution is 0.494. The molecule has 0 spiro atoms. The molecule has 0 heterocycles. The molecule has 0 amide bonds. The van der Waals surface area contributed by atoms with Crippen LogP contribution in [0.3, 0.4) is 0 Å². The summed E-state index contributed by atoms with van der Waals surface area (Å²) in [5, 5.41) is 0. The Labute approximate surface area is 180 Å². The van der Waals surface area contributed by atoms with Gasteiger partial charge in [0.1, 0.15) is 0 Å². The molecule has 1 atom stereocenters. The van der Waals surface area contributed by atoms with Crippen molar-refractivity contribution in [2.45, 2.75) is 115 Å². The maximum absolute atomic E-state index is 12.6. The summed E-state index contributed by atoms with van der Waals surface area (Å²) in [4.78, 5) is 0.305. The molecule has 0 unspecified atom stereocenters. The van der Waals surface area contributed by atoms with Crippen molar-refractivity contribution in [3.63, 3.8) is 0 Å². The maximum atomic E-state index is 12.6. The van der Waals surface area contributed by atoms with Crippen LogP contribution in [-0.2, 0) is 10.0 Å². The second-order valence-corrected chi connectivity index (χ2v) is 9.93. The Balaban J connectivity index is 2.20. The first kappa shape index (κ1) is 25.7. The number of benzene rings is 1. The number of sulfonamides is 1. The van der Waals surface area contributed by atoms with E-state index in [-0.39, 0.29) is 6.04 Å². The van der Waals surface area contributed by atoms with E-state index in [0.717, 1.165) is 24.8 Å². The molecule has 1 aromatic carbocycles. The Kier molecular flexibility index (Phi) is 13.8. The number of nitrogens with one attached hydrogen (secondary N) is 1. The van der Waals surface area contributed by atoms with E-state index >= 15 is 0 Å². The lowest BCUT2D eigenvalue weighted by Crippen LogP contribution is -2.34. The van der Waals surface area contributed by atoms with E-state index in [0.29, 0.717) is 11.3 Å². The molecule has 0 saturated heterocycles. The molecule has 29 heavy (non-hydrogen) atoms. The van der Waals surface area contributed by atoms with Gasteiger partial charge in [-0.15, -0.1) is 12.3 Å².